The van der Waals surface area contributed by atoms with Crippen molar-refractivity contribution in [2.24, 2.45) is 0 Å². The molecule has 0 bridgehead atoms. The third-order valence-corrected chi connectivity index (χ3v) is 1.25. The minimum atomic E-state index is 0. The first kappa shape index (κ1) is 12.1. The summed E-state index contributed by atoms with van der Waals surface area (Å²) in [4.78, 5) is 0. The van der Waals surface area contributed by atoms with Gasteiger partial charge in [0, 0.05) is 10.1 Å². The fourth-order valence-electron chi connectivity index (χ4n) is 0.632. The number of ether oxygens (including phenoxy) is 1. The van der Waals surface area contributed by atoms with Gasteiger partial charge in [0.25, 0.3) is 0 Å². The number of anilines is 1. The number of rotatable bonds is 1. The van der Waals surface area contributed by atoms with Crippen molar-refractivity contribution in [1.82, 2.24) is 0 Å². The van der Waals surface area contributed by atoms with Crippen LogP contribution in [0.15, 0.2) is 24.3 Å². The minimum absolute atomic E-state index is 0. The van der Waals surface area contributed by atoms with Crippen LogP contribution in [-0.4, -0.2) is 4.38 Å². The van der Waals surface area contributed by atoms with Crippen LogP contribution in [0.25, 0.3) is 0 Å². The number of nitrogens with two attached hydrogens (primary N) is 1. The van der Waals surface area contributed by atoms with Gasteiger partial charge in [0.2, 0.25) is 0 Å². The van der Waals surface area contributed by atoms with E-state index in [2.05, 4.69) is 24.8 Å². The monoisotopic (exact) mass is 207 g/mol. The van der Waals surface area contributed by atoms with E-state index in [9.17, 15) is 0 Å². The zero-order valence-electron chi connectivity index (χ0n) is 6.61. The van der Waals surface area contributed by atoms with Crippen molar-refractivity contribution in [2.75, 3.05) is 5.73 Å². The second-order valence-electron chi connectivity index (χ2n) is 1.92. The van der Waals surface area contributed by atoms with E-state index >= 15 is 0 Å². The smallest absolute Gasteiger partial charge is 0.477 e. The molecule has 1 aromatic rings. The van der Waals surface area contributed by atoms with Gasteiger partial charge >= 0.3 is 29.6 Å². The molecule has 0 aliphatic rings. The van der Waals surface area contributed by atoms with Gasteiger partial charge in [0.15, 0.2) is 0 Å². The number of benzene rings is 1. The normalized spacial score (nSPS) is 8.33. The van der Waals surface area contributed by atoms with Crippen molar-refractivity contribution in [1.29, 1.82) is 0 Å². The zero-order chi connectivity index (χ0) is 8.27. The maximum absolute atomic E-state index is 5.44. The predicted molar refractivity (Wildman–Crippen MR) is 51.4 cm³/mol. The Hall–Kier alpha value is 0.130. The number of hydrogen-bond acceptors (Lipinski definition) is 4. The first-order valence-electron chi connectivity index (χ1n) is 2.93. The van der Waals surface area contributed by atoms with Crippen molar-refractivity contribution in [2.45, 2.75) is 0 Å². The molecule has 0 amide bonds. The van der Waals surface area contributed by atoms with Crippen LogP contribution in [0.4, 0.5) is 5.69 Å². The summed E-state index contributed by atoms with van der Waals surface area (Å²) in [5, 5.41) is 0. The molecular formula is C7H6NNaOS2. The number of hydrogen-bond donors (Lipinski definition) is 1. The predicted octanol–water partition coefficient (Wildman–Crippen LogP) is -1.52. The van der Waals surface area contributed by atoms with Gasteiger partial charge < -0.3 is 35.3 Å². The van der Waals surface area contributed by atoms with E-state index < -0.39 is 0 Å². The van der Waals surface area contributed by atoms with Crippen molar-refractivity contribution in [3.8, 4) is 5.75 Å². The van der Waals surface area contributed by atoms with Crippen LogP contribution in [0.1, 0.15) is 0 Å². The van der Waals surface area contributed by atoms with E-state index in [1.807, 2.05) is 0 Å². The Morgan fingerprint density at radius 2 is 1.83 bits per heavy atom. The molecule has 0 aromatic heterocycles. The van der Waals surface area contributed by atoms with Gasteiger partial charge in [-0.3, -0.25) is 0 Å². The summed E-state index contributed by atoms with van der Waals surface area (Å²) in [7, 11) is 0. The summed E-state index contributed by atoms with van der Waals surface area (Å²) in [5.74, 6) is 0.624. The molecule has 2 nitrogen and oxygen atoms in total. The Morgan fingerprint density at radius 1 is 1.33 bits per heavy atom. The summed E-state index contributed by atoms with van der Waals surface area (Å²) in [5.41, 5.74) is 6.13. The van der Waals surface area contributed by atoms with E-state index in [-0.39, 0.29) is 33.9 Å². The quantitative estimate of drug-likeness (QED) is 0.263. The van der Waals surface area contributed by atoms with Gasteiger partial charge in [-0.1, -0.05) is 0 Å². The summed E-state index contributed by atoms with van der Waals surface area (Å²) < 4.78 is 5.05. The molecular weight excluding hydrogens is 201 g/mol. The third-order valence-electron chi connectivity index (χ3n) is 1.08. The fourth-order valence-corrected chi connectivity index (χ4v) is 0.825. The fraction of sp³-hybridized carbons (Fsp3) is 0. The van der Waals surface area contributed by atoms with E-state index in [1.54, 1.807) is 24.3 Å². The van der Waals surface area contributed by atoms with Gasteiger partial charge in [0.1, 0.15) is 5.75 Å². The number of thiocarbonyl (C=S) groups is 1. The molecule has 0 aliphatic heterocycles. The maximum atomic E-state index is 5.44. The Morgan fingerprint density at radius 3 is 2.25 bits per heavy atom. The van der Waals surface area contributed by atoms with E-state index in [4.69, 9.17) is 10.5 Å². The van der Waals surface area contributed by atoms with Crippen LogP contribution in [0.3, 0.4) is 0 Å². The second-order valence-corrected chi connectivity index (χ2v) is 2.92. The van der Waals surface area contributed by atoms with Crippen LogP contribution in [-0.2, 0) is 12.6 Å². The van der Waals surface area contributed by atoms with Gasteiger partial charge in [-0.15, -0.1) is 0 Å². The maximum Gasteiger partial charge on any atom is 1.00 e. The van der Waals surface area contributed by atoms with Crippen LogP contribution in [0.2, 0.25) is 0 Å². The first-order chi connectivity index (χ1) is 5.18. The average Bonchev–Trinajstić information content (AvgIpc) is 1.93. The third kappa shape index (κ3) is 4.23. The second kappa shape index (κ2) is 5.72. The molecule has 12 heavy (non-hydrogen) atoms. The molecule has 0 saturated heterocycles. The van der Waals surface area contributed by atoms with E-state index in [0.29, 0.717) is 11.4 Å². The molecule has 0 aliphatic carbocycles. The Bertz CT molecular complexity index is 263. The molecule has 0 spiro atoms. The number of nitrogen functional groups attached to an aromatic ring is 1. The van der Waals surface area contributed by atoms with Gasteiger partial charge in [-0.2, -0.15) is 0 Å². The van der Waals surface area contributed by atoms with Crippen molar-refractivity contribution >= 4 is 34.9 Å². The van der Waals surface area contributed by atoms with Crippen molar-refractivity contribution < 1.29 is 34.3 Å². The molecule has 5 heteroatoms. The Labute approximate surface area is 104 Å². The van der Waals surface area contributed by atoms with Gasteiger partial charge in [-0.25, -0.2) is 0 Å². The van der Waals surface area contributed by atoms with Crippen LogP contribution in [0, 0.1) is 0 Å². The van der Waals surface area contributed by atoms with Crippen molar-refractivity contribution in [3.05, 3.63) is 24.3 Å². The van der Waals surface area contributed by atoms with Crippen molar-refractivity contribution in [3.63, 3.8) is 0 Å². The molecule has 0 fully saturated rings. The van der Waals surface area contributed by atoms with Crippen LogP contribution < -0.4 is 40.0 Å². The molecule has 0 unspecified atom stereocenters. The summed E-state index contributed by atoms with van der Waals surface area (Å²) >= 11 is 9.14. The Kier molecular flexibility index (Phi) is 5.78. The molecule has 1 rings (SSSR count). The molecule has 0 saturated carbocycles. The molecule has 0 heterocycles. The van der Waals surface area contributed by atoms with E-state index in [0.717, 1.165) is 0 Å². The standard InChI is InChI=1S/C7H7NOS2.Na/c8-5-1-3-6(4-2-5)9-7(10)11;/h1-4H,8H2,(H,10,11);/q;+1/p-1. The van der Waals surface area contributed by atoms with E-state index in [1.165, 1.54) is 0 Å². The molecule has 0 atom stereocenters. The first-order valence-corrected chi connectivity index (χ1v) is 3.74. The largest absolute Gasteiger partial charge is 1.00 e. The topological polar surface area (TPSA) is 35.2 Å². The average molecular weight is 207 g/mol. The van der Waals surface area contributed by atoms with Gasteiger partial charge in [-0.05, 0) is 24.3 Å². The minimum Gasteiger partial charge on any atom is -0.477 e. The Balaban J connectivity index is 0.00000121. The van der Waals surface area contributed by atoms with Crippen LogP contribution in [0.5, 0.6) is 5.75 Å². The van der Waals surface area contributed by atoms with Crippen LogP contribution >= 0.6 is 12.2 Å². The molecule has 2 N–H and O–H groups in total. The summed E-state index contributed by atoms with van der Waals surface area (Å²) in [6.45, 7) is 0. The molecule has 0 radical (unpaired) electrons. The molecule has 1 aromatic carbocycles. The molecule has 58 valence electrons. The van der Waals surface area contributed by atoms with Gasteiger partial charge in [0.05, 0.1) is 0 Å². The zero-order valence-corrected chi connectivity index (χ0v) is 10.2. The summed E-state index contributed by atoms with van der Waals surface area (Å²) in [6, 6.07) is 6.88. The SMILES string of the molecule is Nc1ccc(OC(=S)[S-])cc1.[Na+]. The summed E-state index contributed by atoms with van der Waals surface area (Å²) in [6.07, 6.45) is 0.